The van der Waals surface area contributed by atoms with Gasteiger partial charge in [0.1, 0.15) is 17.8 Å². The van der Waals surface area contributed by atoms with Crippen molar-refractivity contribution in [1.82, 2.24) is 20.2 Å². The molecule has 1 aromatic carbocycles. The summed E-state index contributed by atoms with van der Waals surface area (Å²) in [6, 6.07) is 11.5. The Morgan fingerprint density at radius 1 is 1.14 bits per heavy atom. The van der Waals surface area contributed by atoms with Gasteiger partial charge in [-0.2, -0.15) is 0 Å². The van der Waals surface area contributed by atoms with Crippen LogP contribution in [0.15, 0.2) is 36.7 Å². The van der Waals surface area contributed by atoms with Crippen molar-refractivity contribution in [3.63, 3.8) is 0 Å². The van der Waals surface area contributed by atoms with Gasteiger partial charge in [0.25, 0.3) is 5.91 Å². The molecule has 194 valence electrons. The zero-order chi connectivity index (χ0) is 24.9. The molecule has 3 aliphatic rings. The summed E-state index contributed by atoms with van der Waals surface area (Å²) in [6.45, 7) is 5.70. The minimum absolute atomic E-state index is 0.00465. The molecule has 1 aliphatic carbocycles. The normalized spacial score (nSPS) is 26.9. The molecular formula is C28H39N5O3. The minimum Gasteiger partial charge on any atom is -0.379 e. The van der Waals surface area contributed by atoms with E-state index in [1.807, 2.05) is 11.8 Å². The van der Waals surface area contributed by atoms with E-state index in [0.717, 1.165) is 56.9 Å². The van der Waals surface area contributed by atoms with E-state index in [2.05, 4.69) is 50.9 Å². The molecule has 1 unspecified atom stereocenters. The predicted octanol–water partition coefficient (Wildman–Crippen LogP) is 3.39. The number of nitrogens with one attached hydrogen (secondary N) is 2. The van der Waals surface area contributed by atoms with E-state index in [4.69, 9.17) is 9.47 Å². The van der Waals surface area contributed by atoms with Crippen LogP contribution in [0.2, 0.25) is 0 Å². The van der Waals surface area contributed by atoms with Gasteiger partial charge in [0.15, 0.2) is 0 Å². The highest BCUT2D eigenvalue weighted by molar-refractivity contribution is 5.94. The van der Waals surface area contributed by atoms with Crippen molar-refractivity contribution in [2.24, 2.45) is 5.92 Å². The number of piperidine rings is 1. The van der Waals surface area contributed by atoms with Crippen molar-refractivity contribution in [3.05, 3.63) is 53.5 Å². The summed E-state index contributed by atoms with van der Waals surface area (Å²) in [4.78, 5) is 24.1. The molecule has 2 N–H and O–H groups in total. The van der Waals surface area contributed by atoms with Gasteiger partial charge >= 0.3 is 0 Å². The second kappa shape index (κ2) is 11.7. The molecular weight excluding hydrogens is 454 g/mol. The molecule has 3 heterocycles. The molecule has 2 aliphatic heterocycles. The molecule has 8 heteroatoms. The molecule has 0 spiro atoms. The number of amides is 1. The standard InChI is InChI=1S/C28H39N5O3/c1-19-26(28(34)33-11-8-23(9-12-33)32-24-10-13-36-17-25(24)35-2)30-18-31-27(19)29-16-20-14-22(15-20)21-6-4-3-5-7-21/h3-7,18,20,22-25,32H,8-17H2,1-2H3,(H,29,30,31)/t20-,22+,24?,25-/m0/s1. The number of anilines is 1. The van der Waals surface area contributed by atoms with Crippen LogP contribution in [-0.4, -0.2) is 78.9 Å². The highest BCUT2D eigenvalue weighted by Crippen LogP contribution is 2.41. The van der Waals surface area contributed by atoms with Crippen LogP contribution in [0.25, 0.3) is 0 Å². The largest absolute Gasteiger partial charge is 0.379 e. The van der Waals surface area contributed by atoms with Gasteiger partial charge in [-0.25, -0.2) is 9.97 Å². The van der Waals surface area contributed by atoms with Gasteiger partial charge in [0.05, 0.1) is 12.7 Å². The number of hydrogen-bond donors (Lipinski definition) is 2. The highest BCUT2D eigenvalue weighted by Gasteiger charge is 2.32. The van der Waals surface area contributed by atoms with Gasteiger partial charge in [0.2, 0.25) is 0 Å². The van der Waals surface area contributed by atoms with Crippen molar-refractivity contribution in [1.29, 1.82) is 0 Å². The van der Waals surface area contributed by atoms with Crippen LogP contribution in [0.5, 0.6) is 0 Å². The first kappa shape index (κ1) is 25.1. The van der Waals surface area contributed by atoms with Crippen LogP contribution in [0.3, 0.4) is 0 Å². The van der Waals surface area contributed by atoms with Gasteiger partial charge in [-0.15, -0.1) is 0 Å². The molecule has 1 aromatic heterocycles. The number of aromatic nitrogens is 2. The van der Waals surface area contributed by atoms with Crippen LogP contribution < -0.4 is 10.6 Å². The Hall–Kier alpha value is -2.55. The molecule has 3 fully saturated rings. The molecule has 0 bridgehead atoms. The van der Waals surface area contributed by atoms with E-state index in [0.29, 0.717) is 36.2 Å². The number of carbonyl (C=O) groups is 1. The summed E-state index contributed by atoms with van der Waals surface area (Å²) in [5.41, 5.74) is 2.79. The van der Waals surface area contributed by atoms with Crippen molar-refractivity contribution in [3.8, 4) is 0 Å². The van der Waals surface area contributed by atoms with Gasteiger partial charge in [-0.1, -0.05) is 30.3 Å². The summed E-state index contributed by atoms with van der Waals surface area (Å²) >= 11 is 0. The number of rotatable bonds is 8. The Labute approximate surface area is 214 Å². The first-order valence-electron chi connectivity index (χ1n) is 13.4. The average molecular weight is 494 g/mol. The van der Waals surface area contributed by atoms with E-state index in [-0.39, 0.29) is 12.0 Å². The number of nitrogens with zero attached hydrogens (tertiary/aromatic N) is 3. The maximum absolute atomic E-state index is 13.3. The lowest BCUT2D eigenvalue weighted by molar-refractivity contribution is -0.0533. The lowest BCUT2D eigenvalue weighted by Gasteiger charge is -2.38. The third kappa shape index (κ3) is 5.71. The summed E-state index contributed by atoms with van der Waals surface area (Å²) in [6.07, 6.45) is 6.81. The fourth-order valence-corrected chi connectivity index (χ4v) is 5.82. The Morgan fingerprint density at radius 3 is 2.67 bits per heavy atom. The van der Waals surface area contributed by atoms with Crippen molar-refractivity contribution in [2.45, 2.75) is 63.1 Å². The first-order chi connectivity index (χ1) is 17.6. The SMILES string of the molecule is CO[C@H]1COCCC1NC1CCN(C(=O)c2ncnc(NC[C@H]3C[C@@H](c4ccccc4)C3)c2C)CC1. The highest BCUT2D eigenvalue weighted by atomic mass is 16.5. The second-order valence-corrected chi connectivity index (χ2v) is 10.5. The van der Waals surface area contributed by atoms with Gasteiger partial charge in [-0.05, 0) is 56.4 Å². The Morgan fingerprint density at radius 2 is 1.92 bits per heavy atom. The van der Waals surface area contributed by atoms with Crippen molar-refractivity contribution in [2.75, 3.05) is 45.3 Å². The van der Waals surface area contributed by atoms with Crippen molar-refractivity contribution < 1.29 is 14.3 Å². The number of carbonyl (C=O) groups excluding carboxylic acids is 1. The zero-order valence-corrected chi connectivity index (χ0v) is 21.5. The fourth-order valence-electron chi connectivity index (χ4n) is 5.82. The molecule has 2 aromatic rings. The molecule has 2 atom stereocenters. The molecule has 8 nitrogen and oxygen atoms in total. The summed E-state index contributed by atoms with van der Waals surface area (Å²) in [5, 5.41) is 7.25. The molecule has 5 rings (SSSR count). The monoisotopic (exact) mass is 493 g/mol. The lowest BCUT2D eigenvalue weighted by Crippen LogP contribution is -2.54. The van der Waals surface area contributed by atoms with Crippen LogP contribution in [0, 0.1) is 12.8 Å². The molecule has 2 saturated heterocycles. The van der Waals surface area contributed by atoms with Gasteiger partial charge in [0, 0.05) is 51.0 Å². The van der Waals surface area contributed by atoms with E-state index < -0.39 is 0 Å². The fraction of sp³-hybridized carbons (Fsp3) is 0.607. The summed E-state index contributed by atoms with van der Waals surface area (Å²) in [7, 11) is 1.75. The lowest BCUT2D eigenvalue weighted by atomic mass is 9.71. The number of ether oxygens (including phenoxy) is 2. The third-order valence-electron chi connectivity index (χ3n) is 8.19. The number of benzene rings is 1. The Kier molecular flexibility index (Phi) is 8.14. The Bertz CT molecular complexity index is 1010. The zero-order valence-electron chi connectivity index (χ0n) is 21.5. The smallest absolute Gasteiger partial charge is 0.272 e. The van der Waals surface area contributed by atoms with Gasteiger partial charge in [-0.3, -0.25) is 4.79 Å². The van der Waals surface area contributed by atoms with Crippen LogP contribution in [0.1, 0.15) is 59.6 Å². The third-order valence-corrected chi connectivity index (χ3v) is 8.19. The topological polar surface area (TPSA) is 88.6 Å². The quantitative estimate of drug-likeness (QED) is 0.583. The maximum Gasteiger partial charge on any atom is 0.272 e. The van der Waals surface area contributed by atoms with Crippen LogP contribution in [0.4, 0.5) is 5.82 Å². The van der Waals surface area contributed by atoms with E-state index in [1.165, 1.54) is 24.7 Å². The first-order valence-corrected chi connectivity index (χ1v) is 13.4. The average Bonchev–Trinajstić information content (AvgIpc) is 2.89. The molecule has 1 amide bonds. The van der Waals surface area contributed by atoms with E-state index in [1.54, 1.807) is 7.11 Å². The van der Waals surface area contributed by atoms with Crippen molar-refractivity contribution >= 4 is 11.7 Å². The number of methoxy groups -OCH3 is 1. The molecule has 0 radical (unpaired) electrons. The Balaban J connectivity index is 1.11. The van der Waals surface area contributed by atoms with E-state index in [9.17, 15) is 4.79 Å². The van der Waals surface area contributed by atoms with Gasteiger partial charge < -0.3 is 25.0 Å². The number of likely N-dealkylation sites (tertiary alicyclic amines) is 1. The predicted molar refractivity (Wildman–Crippen MR) is 139 cm³/mol. The number of hydrogen-bond acceptors (Lipinski definition) is 7. The minimum atomic E-state index is 0.00465. The van der Waals surface area contributed by atoms with Crippen LogP contribution in [-0.2, 0) is 9.47 Å². The molecule has 1 saturated carbocycles. The molecule has 36 heavy (non-hydrogen) atoms. The summed E-state index contributed by atoms with van der Waals surface area (Å²) in [5.74, 6) is 2.07. The summed E-state index contributed by atoms with van der Waals surface area (Å²) < 4.78 is 11.1. The maximum atomic E-state index is 13.3. The van der Waals surface area contributed by atoms with Crippen LogP contribution >= 0.6 is 0 Å². The second-order valence-electron chi connectivity index (χ2n) is 10.5. The van der Waals surface area contributed by atoms with E-state index >= 15 is 0 Å².